The number of aromatic nitrogens is 4. The quantitative estimate of drug-likeness (QED) is 0.490. The fraction of sp³-hybridized carbons (Fsp3) is 0.118. The Morgan fingerprint density at radius 2 is 1.78 bits per heavy atom. The van der Waals surface area contributed by atoms with E-state index < -0.39 is 5.82 Å². The van der Waals surface area contributed by atoms with Crippen LogP contribution in [0, 0.1) is 12.7 Å². The molecule has 0 aliphatic carbocycles. The van der Waals surface area contributed by atoms with E-state index in [1.165, 1.54) is 12.3 Å². The van der Waals surface area contributed by atoms with Gasteiger partial charge in [-0.1, -0.05) is 0 Å². The molecule has 0 fully saturated rings. The molecule has 4 rings (SSSR count). The summed E-state index contributed by atoms with van der Waals surface area (Å²) in [5.74, 6) is -0.411. The number of hydrogen-bond acceptors (Lipinski definition) is 3. The van der Waals surface area contributed by atoms with Crippen LogP contribution < -0.4 is 0 Å². The lowest BCUT2D eigenvalue weighted by Gasteiger charge is -2.07. The van der Waals surface area contributed by atoms with Crippen molar-refractivity contribution in [1.29, 1.82) is 0 Å². The zero-order valence-corrected chi connectivity index (χ0v) is 13.3. The summed E-state index contributed by atoms with van der Waals surface area (Å²) >= 11 is 5.74. The molecule has 0 atom stereocenters. The molecule has 0 bridgehead atoms. The number of hydrogen-bond donors (Lipinski definition) is 0. The van der Waals surface area contributed by atoms with Gasteiger partial charge in [0, 0.05) is 30.2 Å². The maximum Gasteiger partial charge on any atom is 0.223 e. The van der Waals surface area contributed by atoms with Crippen molar-refractivity contribution < 1.29 is 4.39 Å². The Labute approximate surface area is 136 Å². The highest BCUT2D eigenvalue weighted by Crippen LogP contribution is 2.30. The standard InChI is InChI=1S/C17H12ClFN4/c1-9-3-10(5-13-8-23(2)22-15(9)13)11-4-12-7-20-17(18)21-16(12)14(19)6-11/h3-8H,1-2H3. The van der Waals surface area contributed by atoms with Crippen LogP contribution in [0.4, 0.5) is 4.39 Å². The van der Waals surface area contributed by atoms with E-state index in [0.29, 0.717) is 5.39 Å². The molecule has 0 spiro atoms. The van der Waals surface area contributed by atoms with Gasteiger partial charge in [0.05, 0.1) is 5.52 Å². The van der Waals surface area contributed by atoms with E-state index >= 15 is 0 Å². The highest BCUT2D eigenvalue weighted by Gasteiger charge is 2.11. The summed E-state index contributed by atoms with van der Waals surface area (Å²) in [5, 5.41) is 6.11. The Hall–Kier alpha value is -2.53. The molecule has 6 heteroatoms. The van der Waals surface area contributed by atoms with Crippen molar-refractivity contribution >= 4 is 33.4 Å². The van der Waals surface area contributed by atoms with Crippen molar-refractivity contribution in [2.75, 3.05) is 0 Å². The normalized spacial score (nSPS) is 11.5. The van der Waals surface area contributed by atoms with Gasteiger partial charge in [-0.3, -0.25) is 4.68 Å². The number of halogens is 2. The summed E-state index contributed by atoms with van der Waals surface area (Å²) in [6.45, 7) is 2.00. The lowest BCUT2D eigenvalue weighted by molar-refractivity contribution is 0.637. The molecule has 4 nitrogen and oxygen atoms in total. The average molecular weight is 327 g/mol. The predicted molar refractivity (Wildman–Crippen MR) is 89.0 cm³/mol. The van der Waals surface area contributed by atoms with Gasteiger partial charge in [-0.2, -0.15) is 5.10 Å². The molecule has 0 aliphatic rings. The van der Waals surface area contributed by atoms with Crippen LogP contribution in [0.3, 0.4) is 0 Å². The second-order valence-electron chi connectivity index (χ2n) is 5.57. The molecule has 2 aromatic heterocycles. The Bertz CT molecular complexity index is 1070. The van der Waals surface area contributed by atoms with Crippen molar-refractivity contribution in [2.24, 2.45) is 7.05 Å². The number of fused-ring (bicyclic) bond motifs is 2. The zero-order valence-electron chi connectivity index (χ0n) is 12.5. The highest BCUT2D eigenvalue weighted by atomic mass is 35.5. The lowest BCUT2D eigenvalue weighted by atomic mass is 9.99. The molecule has 2 aromatic carbocycles. The number of rotatable bonds is 1. The third-order valence-corrected chi connectivity index (χ3v) is 4.04. The van der Waals surface area contributed by atoms with Crippen molar-refractivity contribution in [2.45, 2.75) is 6.92 Å². The van der Waals surface area contributed by atoms with Crippen LogP contribution in [0.15, 0.2) is 36.7 Å². The van der Waals surface area contributed by atoms with Gasteiger partial charge in [0.25, 0.3) is 0 Å². The fourth-order valence-electron chi connectivity index (χ4n) is 2.84. The molecule has 0 N–H and O–H groups in total. The molecular formula is C17H12ClFN4. The Morgan fingerprint density at radius 1 is 1.04 bits per heavy atom. The van der Waals surface area contributed by atoms with Crippen molar-refractivity contribution in [3.05, 3.63) is 53.3 Å². The first-order valence-corrected chi connectivity index (χ1v) is 7.45. The second-order valence-corrected chi connectivity index (χ2v) is 5.91. The Kier molecular flexibility index (Phi) is 3.06. The van der Waals surface area contributed by atoms with E-state index in [-0.39, 0.29) is 10.8 Å². The minimum atomic E-state index is -0.411. The van der Waals surface area contributed by atoms with Crippen molar-refractivity contribution in [3.63, 3.8) is 0 Å². The molecule has 114 valence electrons. The average Bonchev–Trinajstić information content (AvgIpc) is 2.89. The minimum Gasteiger partial charge on any atom is -0.275 e. The van der Waals surface area contributed by atoms with Gasteiger partial charge in [0.2, 0.25) is 5.28 Å². The molecular weight excluding hydrogens is 315 g/mol. The summed E-state index contributed by atoms with van der Waals surface area (Å²) in [6, 6.07) is 7.35. The second kappa shape index (κ2) is 4.99. The van der Waals surface area contributed by atoms with Crippen LogP contribution in [-0.2, 0) is 7.05 Å². The van der Waals surface area contributed by atoms with Crippen LogP contribution >= 0.6 is 11.6 Å². The molecule has 0 saturated carbocycles. The van der Waals surface area contributed by atoms with Crippen LogP contribution in [0.5, 0.6) is 0 Å². The SMILES string of the molecule is Cc1cc(-c2cc(F)c3nc(Cl)ncc3c2)cc2cn(C)nc12. The van der Waals surface area contributed by atoms with E-state index in [2.05, 4.69) is 15.1 Å². The van der Waals surface area contributed by atoms with Gasteiger partial charge in [-0.15, -0.1) is 0 Å². The summed E-state index contributed by atoms with van der Waals surface area (Å²) in [4.78, 5) is 7.88. The van der Waals surface area contributed by atoms with Gasteiger partial charge in [-0.25, -0.2) is 14.4 Å². The first-order valence-electron chi connectivity index (χ1n) is 7.07. The minimum absolute atomic E-state index is 0.0387. The number of aryl methyl sites for hydroxylation is 2. The van der Waals surface area contributed by atoms with Crippen molar-refractivity contribution in [1.82, 2.24) is 19.7 Å². The van der Waals surface area contributed by atoms with Crippen LogP contribution in [0.1, 0.15) is 5.56 Å². The third kappa shape index (κ3) is 2.33. The molecule has 0 amide bonds. The van der Waals surface area contributed by atoms with Gasteiger partial charge < -0.3 is 0 Å². The van der Waals surface area contributed by atoms with Gasteiger partial charge in [0.1, 0.15) is 11.3 Å². The molecule has 23 heavy (non-hydrogen) atoms. The Balaban J connectivity index is 1.96. The number of benzene rings is 2. The zero-order chi connectivity index (χ0) is 16.1. The molecule has 0 saturated heterocycles. The summed E-state index contributed by atoms with van der Waals surface area (Å²) in [7, 11) is 1.88. The smallest absolute Gasteiger partial charge is 0.223 e. The Morgan fingerprint density at radius 3 is 2.61 bits per heavy atom. The molecule has 0 unspecified atom stereocenters. The topological polar surface area (TPSA) is 43.6 Å². The van der Waals surface area contributed by atoms with Crippen LogP contribution in [0.25, 0.3) is 32.9 Å². The maximum atomic E-state index is 14.4. The van der Waals surface area contributed by atoms with Gasteiger partial charge >= 0.3 is 0 Å². The monoisotopic (exact) mass is 326 g/mol. The molecule has 2 heterocycles. The maximum absolute atomic E-state index is 14.4. The van der Waals surface area contributed by atoms with Crippen LogP contribution in [0.2, 0.25) is 5.28 Å². The third-order valence-electron chi connectivity index (χ3n) is 3.85. The van der Waals surface area contributed by atoms with E-state index in [1.807, 2.05) is 38.4 Å². The first-order chi connectivity index (χ1) is 11.0. The molecule has 0 aliphatic heterocycles. The summed E-state index contributed by atoms with van der Waals surface area (Å²) < 4.78 is 16.1. The van der Waals surface area contributed by atoms with Gasteiger partial charge in [-0.05, 0) is 59.5 Å². The largest absolute Gasteiger partial charge is 0.275 e. The van der Waals surface area contributed by atoms with Gasteiger partial charge in [0.15, 0.2) is 0 Å². The highest BCUT2D eigenvalue weighted by molar-refractivity contribution is 6.28. The lowest BCUT2D eigenvalue weighted by Crippen LogP contribution is -1.90. The fourth-order valence-corrected chi connectivity index (χ4v) is 2.98. The van der Waals surface area contributed by atoms with E-state index in [9.17, 15) is 4.39 Å². The van der Waals surface area contributed by atoms with E-state index in [0.717, 1.165) is 27.6 Å². The van der Waals surface area contributed by atoms with E-state index in [4.69, 9.17) is 11.6 Å². The summed E-state index contributed by atoms with van der Waals surface area (Å²) in [5.41, 5.74) is 3.93. The molecule has 0 radical (unpaired) electrons. The van der Waals surface area contributed by atoms with Crippen molar-refractivity contribution in [3.8, 4) is 11.1 Å². The molecule has 4 aromatic rings. The van der Waals surface area contributed by atoms with Crippen LogP contribution in [-0.4, -0.2) is 19.7 Å². The summed E-state index contributed by atoms with van der Waals surface area (Å²) in [6.07, 6.45) is 3.48. The number of nitrogens with zero attached hydrogens (tertiary/aromatic N) is 4. The predicted octanol–water partition coefficient (Wildman–Crippen LogP) is 4.28. The van der Waals surface area contributed by atoms with E-state index in [1.54, 1.807) is 4.68 Å². The first kappa shape index (κ1) is 14.1.